The molecule has 0 unspecified atom stereocenters. The summed E-state index contributed by atoms with van der Waals surface area (Å²) in [4.78, 5) is 0. The molecule has 0 aromatic carbocycles. The maximum absolute atomic E-state index is 5.79. The fraction of sp³-hybridized carbons (Fsp3) is 0.750. The largest absolute Gasteiger partial charge is 0.326 e. The average molecular weight is 209 g/mol. The highest BCUT2D eigenvalue weighted by Gasteiger charge is 2.13. The Bertz CT molecular complexity index is 302. The van der Waals surface area contributed by atoms with Crippen LogP contribution in [0.15, 0.2) is 0 Å². The summed E-state index contributed by atoms with van der Waals surface area (Å²) in [6.07, 6.45) is 4.42. The van der Waals surface area contributed by atoms with Crippen molar-refractivity contribution in [2.75, 3.05) is 0 Å². The predicted octanol–water partition coefficient (Wildman–Crippen LogP) is 2.27. The zero-order valence-corrected chi connectivity index (χ0v) is 10.2. The molecule has 0 spiro atoms. The van der Waals surface area contributed by atoms with E-state index in [1.54, 1.807) is 0 Å². The van der Waals surface area contributed by atoms with Crippen LogP contribution in [0.4, 0.5) is 0 Å². The molecule has 0 atom stereocenters. The van der Waals surface area contributed by atoms with Crippen molar-refractivity contribution in [3.05, 3.63) is 17.0 Å². The number of unbranched alkanes of at least 4 members (excludes halogenated alkanes) is 1. The molecular weight excluding hydrogens is 186 g/mol. The van der Waals surface area contributed by atoms with Gasteiger partial charge in [-0.05, 0) is 19.3 Å². The Balaban J connectivity index is 2.98. The van der Waals surface area contributed by atoms with E-state index in [2.05, 4.69) is 30.6 Å². The second kappa shape index (κ2) is 5.91. The van der Waals surface area contributed by atoms with Crippen molar-refractivity contribution in [2.24, 2.45) is 5.73 Å². The van der Waals surface area contributed by atoms with E-state index < -0.39 is 0 Å². The minimum Gasteiger partial charge on any atom is -0.326 e. The van der Waals surface area contributed by atoms with Gasteiger partial charge in [-0.2, -0.15) is 5.10 Å². The monoisotopic (exact) mass is 209 g/mol. The summed E-state index contributed by atoms with van der Waals surface area (Å²) in [7, 11) is 0. The van der Waals surface area contributed by atoms with Gasteiger partial charge in [0.05, 0.1) is 5.69 Å². The molecule has 0 radical (unpaired) electrons. The Morgan fingerprint density at radius 2 is 1.93 bits per heavy atom. The van der Waals surface area contributed by atoms with Crippen LogP contribution >= 0.6 is 0 Å². The van der Waals surface area contributed by atoms with Crippen LogP contribution in [0.2, 0.25) is 0 Å². The molecule has 15 heavy (non-hydrogen) atoms. The molecule has 0 saturated heterocycles. The van der Waals surface area contributed by atoms with Crippen molar-refractivity contribution in [1.82, 2.24) is 9.78 Å². The number of aryl methyl sites for hydroxylation is 2. The highest BCUT2D eigenvalue weighted by molar-refractivity contribution is 5.26. The van der Waals surface area contributed by atoms with Gasteiger partial charge in [0.1, 0.15) is 0 Å². The van der Waals surface area contributed by atoms with Crippen LogP contribution in [0.1, 0.15) is 50.6 Å². The molecule has 0 amide bonds. The molecule has 86 valence electrons. The van der Waals surface area contributed by atoms with E-state index in [9.17, 15) is 0 Å². The smallest absolute Gasteiger partial charge is 0.0669 e. The van der Waals surface area contributed by atoms with E-state index in [1.165, 1.54) is 29.8 Å². The third-order valence-corrected chi connectivity index (χ3v) is 2.85. The van der Waals surface area contributed by atoms with E-state index in [-0.39, 0.29) is 0 Å². The average Bonchev–Trinajstić information content (AvgIpc) is 2.62. The Morgan fingerprint density at radius 1 is 1.20 bits per heavy atom. The molecule has 0 saturated carbocycles. The summed E-state index contributed by atoms with van der Waals surface area (Å²) >= 11 is 0. The number of aromatic nitrogens is 2. The summed E-state index contributed by atoms with van der Waals surface area (Å²) < 4.78 is 2.16. The summed E-state index contributed by atoms with van der Waals surface area (Å²) in [6, 6.07) is 0. The zero-order valence-electron chi connectivity index (χ0n) is 10.2. The van der Waals surface area contributed by atoms with Gasteiger partial charge in [0, 0.05) is 24.3 Å². The second-order valence-electron chi connectivity index (χ2n) is 3.86. The fourth-order valence-corrected chi connectivity index (χ4v) is 2.00. The number of hydrogen-bond acceptors (Lipinski definition) is 2. The second-order valence-corrected chi connectivity index (χ2v) is 3.86. The van der Waals surface area contributed by atoms with Gasteiger partial charge in [-0.15, -0.1) is 0 Å². The molecule has 0 bridgehead atoms. The molecule has 2 N–H and O–H groups in total. The standard InChI is InChI=1S/C12H23N3/c1-4-7-8-15-12(6-3)10(9-13)11(5-2)14-15/h4-9,13H2,1-3H3. The maximum Gasteiger partial charge on any atom is 0.0669 e. The van der Waals surface area contributed by atoms with E-state index in [1.807, 2.05) is 0 Å². The molecule has 1 aromatic heterocycles. The lowest BCUT2D eigenvalue weighted by Gasteiger charge is -2.05. The van der Waals surface area contributed by atoms with Gasteiger partial charge in [0.15, 0.2) is 0 Å². The first-order chi connectivity index (χ1) is 7.28. The quantitative estimate of drug-likeness (QED) is 0.781. The van der Waals surface area contributed by atoms with Gasteiger partial charge in [-0.25, -0.2) is 0 Å². The van der Waals surface area contributed by atoms with Crippen LogP contribution in [0.5, 0.6) is 0 Å². The van der Waals surface area contributed by atoms with Crippen molar-refractivity contribution in [3.63, 3.8) is 0 Å². The normalized spacial score (nSPS) is 10.9. The van der Waals surface area contributed by atoms with Crippen LogP contribution < -0.4 is 5.73 Å². The minimum absolute atomic E-state index is 0.623. The molecule has 1 rings (SSSR count). The van der Waals surface area contributed by atoms with E-state index in [0.717, 1.165) is 19.4 Å². The van der Waals surface area contributed by atoms with Crippen LogP contribution in [0.3, 0.4) is 0 Å². The van der Waals surface area contributed by atoms with Crippen molar-refractivity contribution >= 4 is 0 Å². The SMILES string of the molecule is CCCCn1nc(CC)c(CN)c1CC. The van der Waals surface area contributed by atoms with Crippen LogP contribution in [-0.4, -0.2) is 9.78 Å². The number of nitrogens with zero attached hydrogens (tertiary/aromatic N) is 2. The molecule has 3 nitrogen and oxygen atoms in total. The summed E-state index contributed by atoms with van der Waals surface area (Å²) in [6.45, 7) is 8.19. The molecule has 1 aromatic rings. The van der Waals surface area contributed by atoms with Crippen LogP contribution in [0.25, 0.3) is 0 Å². The third-order valence-electron chi connectivity index (χ3n) is 2.85. The van der Waals surface area contributed by atoms with Crippen LogP contribution in [-0.2, 0) is 25.9 Å². The number of rotatable bonds is 6. The molecule has 0 aliphatic rings. The molecule has 1 heterocycles. The lowest BCUT2D eigenvalue weighted by Crippen LogP contribution is -2.07. The fourth-order valence-electron chi connectivity index (χ4n) is 2.00. The number of hydrogen-bond donors (Lipinski definition) is 1. The summed E-state index contributed by atoms with van der Waals surface area (Å²) in [5.41, 5.74) is 9.59. The maximum atomic E-state index is 5.79. The van der Waals surface area contributed by atoms with Crippen molar-refractivity contribution < 1.29 is 0 Å². The summed E-state index contributed by atoms with van der Waals surface area (Å²) in [5, 5.41) is 4.64. The first-order valence-electron chi connectivity index (χ1n) is 6.05. The van der Waals surface area contributed by atoms with Crippen LogP contribution in [0, 0.1) is 0 Å². The first-order valence-corrected chi connectivity index (χ1v) is 6.05. The first kappa shape index (κ1) is 12.2. The van der Waals surface area contributed by atoms with Crippen molar-refractivity contribution in [3.8, 4) is 0 Å². The molecule has 0 aliphatic carbocycles. The lowest BCUT2D eigenvalue weighted by molar-refractivity contribution is 0.545. The zero-order chi connectivity index (χ0) is 11.3. The van der Waals surface area contributed by atoms with E-state index in [0.29, 0.717) is 6.54 Å². The van der Waals surface area contributed by atoms with Crippen molar-refractivity contribution in [1.29, 1.82) is 0 Å². The highest BCUT2D eigenvalue weighted by Crippen LogP contribution is 2.16. The van der Waals surface area contributed by atoms with Gasteiger partial charge in [-0.1, -0.05) is 27.2 Å². The van der Waals surface area contributed by atoms with Gasteiger partial charge in [0.2, 0.25) is 0 Å². The summed E-state index contributed by atoms with van der Waals surface area (Å²) in [5.74, 6) is 0. The van der Waals surface area contributed by atoms with Gasteiger partial charge >= 0.3 is 0 Å². The topological polar surface area (TPSA) is 43.8 Å². The van der Waals surface area contributed by atoms with E-state index in [4.69, 9.17) is 5.73 Å². The molecule has 0 fully saturated rings. The van der Waals surface area contributed by atoms with Crippen molar-refractivity contribution in [2.45, 2.75) is 59.5 Å². The highest BCUT2D eigenvalue weighted by atomic mass is 15.3. The Hall–Kier alpha value is -0.830. The third kappa shape index (κ3) is 2.59. The van der Waals surface area contributed by atoms with Gasteiger partial charge in [-0.3, -0.25) is 4.68 Å². The van der Waals surface area contributed by atoms with Gasteiger partial charge in [0.25, 0.3) is 0 Å². The van der Waals surface area contributed by atoms with E-state index >= 15 is 0 Å². The minimum atomic E-state index is 0.623. The molecular formula is C12H23N3. The molecule has 3 heteroatoms. The Kier molecular flexibility index (Phi) is 4.82. The Labute approximate surface area is 92.7 Å². The Morgan fingerprint density at radius 3 is 2.40 bits per heavy atom. The predicted molar refractivity (Wildman–Crippen MR) is 63.8 cm³/mol. The number of nitrogens with two attached hydrogens (primary N) is 1. The van der Waals surface area contributed by atoms with Gasteiger partial charge < -0.3 is 5.73 Å². The molecule has 0 aliphatic heterocycles. The lowest BCUT2D eigenvalue weighted by atomic mass is 10.1.